The van der Waals surface area contributed by atoms with E-state index in [1.165, 1.54) is 0 Å². The molecule has 0 bridgehead atoms. The molecule has 0 radical (unpaired) electrons. The first-order valence-corrected chi connectivity index (χ1v) is 8.45. The molecule has 134 valence electrons. The average Bonchev–Trinajstić information content (AvgIpc) is 2.87. The van der Waals surface area contributed by atoms with Gasteiger partial charge in [-0.25, -0.2) is 0 Å². The SMILES string of the molecule is C[C@H](/C=C/CCO)[C@@]1(O)C(=O)Nc2ccc(N3CCNCC3=O)cc21. The minimum atomic E-state index is -1.70. The Labute approximate surface area is 146 Å². The fraction of sp³-hybridized carbons (Fsp3) is 0.444. The number of aliphatic hydroxyl groups is 2. The molecule has 2 heterocycles. The monoisotopic (exact) mass is 345 g/mol. The lowest BCUT2D eigenvalue weighted by Crippen LogP contribution is -2.48. The van der Waals surface area contributed by atoms with Crippen molar-refractivity contribution < 1.29 is 19.8 Å². The van der Waals surface area contributed by atoms with Crippen LogP contribution in [0.5, 0.6) is 0 Å². The van der Waals surface area contributed by atoms with Gasteiger partial charge in [0.1, 0.15) is 0 Å². The van der Waals surface area contributed by atoms with Crippen LogP contribution in [-0.2, 0) is 15.2 Å². The molecule has 0 aromatic heterocycles. The highest BCUT2D eigenvalue weighted by Crippen LogP contribution is 2.43. The van der Waals surface area contributed by atoms with Crippen LogP contribution < -0.4 is 15.5 Å². The Morgan fingerprint density at radius 3 is 2.92 bits per heavy atom. The number of nitrogens with one attached hydrogen (secondary N) is 2. The average molecular weight is 345 g/mol. The standard InChI is InChI=1S/C18H23N3O4/c1-12(4-2-3-9-22)18(25)14-10-13(5-6-15(14)20-17(18)24)21-8-7-19-11-16(21)23/h2,4-6,10,12,19,22,25H,3,7-9,11H2,1H3,(H,20,24)/b4-2+/t12-,18+/m1/s1. The van der Waals surface area contributed by atoms with Crippen LogP contribution in [0.3, 0.4) is 0 Å². The molecule has 1 saturated heterocycles. The molecular weight excluding hydrogens is 322 g/mol. The zero-order chi connectivity index (χ0) is 18.0. The van der Waals surface area contributed by atoms with Crippen molar-refractivity contribution in [3.8, 4) is 0 Å². The minimum absolute atomic E-state index is 0.0136. The van der Waals surface area contributed by atoms with Gasteiger partial charge in [0.2, 0.25) is 5.91 Å². The van der Waals surface area contributed by atoms with Crippen molar-refractivity contribution >= 4 is 23.2 Å². The van der Waals surface area contributed by atoms with Gasteiger partial charge in [-0.2, -0.15) is 0 Å². The maximum atomic E-state index is 12.4. The van der Waals surface area contributed by atoms with Crippen molar-refractivity contribution in [2.24, 2.45) is 5.92 Å². The molecule has 3 rings (SSSR count). The summed E-state index contributed by atoms with van der Waals surface area (Å²) in [5.41, 5.74) is 0.00409. The van der Waals surface area contributed by atoms with E-state index in [1.807, 2.05) is 0 Å². The summed E-state index contributed by atoms with van der Waals surface area (Å²) in [6.07, 6.45) is 3.94. The van der Waals surface area contributed by atoms with Crippen LogP contribution in [0, 0.1) is 5.92 Å². The summed E-state index contributed by atoms with van der Waals surface area (Å²) in [6.45, 7) is 3.29. The Balaban J connectivity index is 1.96. The smallest absolute Gasteiger partial charge is 0.261 e. The number of aliphatic hydroxyl groups excluding tert-OH is 1. The Kier molecular flexibility index (Phi) is 4.89. The van der Waals surface area contributed by atoms with Gasteiger partial charge >= 0.3 is 0 Å². The van der Waals surface area contributed by atoms with Crippen molar-refractivity contribution in [1.82, 2.24) is 5.32 Å². The number of hydrogen-bond acceptors (Lipinski definition) is 5. The molecule has 7 heteroatoms. The molecule has 7 nitrogen and oxygen atoms in total. The number of piperazine rings is 1. The number of carbonyl (C=O) groups is 2. The second kappa shape index (κ2) is 6.95. The van der Waals surface area contributed by atoms with Gasteiger partial charge in [-0.3, -0.25) is 9.59 Å². The number of anilines is 2. The van der Waals surface area contributed by atoms with Crippen LogP contribution in [0.25, 0.3) is 0 Å². The minimum Gasteiger partial charge on any atom is -0.396 e. The molecule has 0 saturated carbocycles. The number of fused-ring (bicyclic) bond motifs is 1. The molecule has 25 heavy (non-hydrogen) atoms. The highest BCUT2D eigenvalue weighted by molar-refractivity contribution is 6.06. The summed E-state index contributed by atoms with van der Waals surface area (Å²) < 4.78 is 0. The Morgan fingerprint density at radius 1 is 1.40 bits per heavy atom. The second-order valence-electron chi connectivity index (χ2n) is 6.40. The van der Waals surface area contributed by atoms with Crippen molar-refractivity contribution in [2.75, 3.05) is 36.5 Å². The third-order valence-electron chi connectivity index (χ3n) is 4.79. The molecular formula is C18H23N3O4. The topological polar surface area (TPSA) is 102 Å². The highest BCUT2D eigenvalue weighted by atomic mass is 16.3. The van der Waals surface area contributed by atoms with E-state index in [0.717, 1.165) is 0 Å². The zero-order valence-electron chi connectivity index (χ0n) is 14.2. The van der Waals surface area contributed by atoms with Crippen LogP contribution >= 0.6 is 0 Å². The number of benzene rings is 1. The van der Waals surface area contributed by atoms with Crippen LogP contribution in [0.15, 0.2) is 30.4 Å². The van der Waals surface area contributed by atoms with E-state index >= 15 is 0 Å². The molecule has 0 unspecified atom stereocenters. The normalized spacial score (nSPS) is 24.5. The molecule has 2 aliphatic rings. The van der Waals surface area contributed by atoms with E-state index in [4.69, 9.17) is 5.11 Å². The van der Waals surface area contributed by atoms with Gasteiger partial charge in [0.05, 0.1) is 6.54 Å². The summed E-state index contributed by atoms with van der Waals surface area (Å²) in [5.74, 6) is -0.996. The fourth-order valence-corrected chi connectivity index (χ4v) is 3.31. The van der Waals surface area contributed by atoms with Gasteiger partial charge in [-0.1, -0.05) is 19.1 Å². The predicted octanol–water partition coefficient (Wildman–Crippen LogP) is 0.337. The van der Waals surface area contributed by atoms with E-state index in [1.54, 1.807) is 42.2 Å². The van der Waals surface area contributed by atoms with E-state index in [9.17, 15) is 14.7 Å². The lowest BCUT2D eigenvalue weighted by atomic mass is 9.82. The van der Waals surface area contributed by atoms with E-state index < -0.39 is 17.4 Å². The summed E-state index contributed by atoms with van der Waals surface area (Å²) in [7, 11) is 0. The van der Waals surface area contributed by atoms with E-state index in [0.29, 0.717) is 36.4 Å². The summed E-state index contributed by atoms with van der Waals surface area (Å²) >= 11 is 0. The van der Waals surface area contributed by atoms with Gasteiger partial charge < -0.3 is 25.7 Å². The van der Waals surface area contributed by atoms with Gasteiger partial charge in [0, 0.05) is 42.6 Å². The second-order valence-corrected chi connectivity index (χ2v) is 6.40. The lowest BCUT2D eigenvalue weighted by Gasteiger charge is -2.30. The Morgan fingerprint density at radius 2 is 2.20 bits per heavy atom. The molecule has 1 aromatic carbocycles. The maximum Gasteiger partial charge on any atom is 0.261 e. The van der Waals surface area contributed by atoms with Crippen LogP contribution in [-0.4, -0.2) is 48.3 Å². The largest absolute Gasteiger partial charge is 0.396 e. The number of amides is 2. The fourth-order valence-electron chi connectivity index (χ4n) is 3.31. The maximum absolute atomic E-state index is 12.4. The summed E-state index contributed by atoms with van der Waals surface area (Å²) in [6, 6.07) is 5.22. The number of hydrogen-bond donors (Lipinski definition) is 4. The van der Waals surface area contributed by atoms with Crippen LogP contribution in [0.4, 0.5) is 11.4 Å². The first-order chi connectivity index (χ1) is 12.0. The van der Waals surface area contributed by atoms with Crippen LogP contribution in [0.2, 0.25) is 0 Å². The molecule has 0 spiro atoms. The Bertz CT molecular complexity index is 718. The first-order valence-electron chi connectivity index (χ1n) is 8.45. The van der Waals surface area contributed by atoms with Crippen molar-refractivity contribution in [2.45, 2.75) is 18.9 Å². The molecule has 1 fully saturated rings. The lowest BCUT2D eigenvalue weighted by molar-refractivity contribution is -0.137. The summed E-state index contributed by atoms with van der Waals surface area (Å²) in [5, 5.41) is 25.7. The van der Waals surface area contributed by atoms with Crippen molar-refractivity contribution in [3.63, 3.8) is 0 Å². The van der Waals surface area contributed by atoms with Crippen molar-refractivity contribution in [1.29, 1.82) is 0 Å². The molecule has 2 amide bonds. The van der Waals surface area contributed by atoms with Gasteiger partial charge in [0.25, 0.3) is 5.91 Å². The zero-order valence-corrected chi connectivity index (χ0v) is 14.2. The third-order valence-corrected chi connectivity index (χ3v) is 4.79. The van der Waals surface area contributed by atoms with Crippen molar-refractivity contribution in [3.05, 3.63) is 35.9 Å². The summed E-state index contributed by atoms with van der Waals surface area (Å²) in [4.78, 5) is 26.2. The number of rotatable bonds is 5. The Hall–Kier alpha value is -2.22. The molecule has 0 aliphatic carbocycles. The highest BCUT2D eigenvalue weighted by Gasteiger charge is 2.48. The third kappa shape index (κ3) is 3.06. The van der Waals surface area contributed by atoms with Gasteiger partial charge in [-0.15, -0.1) is 0 Å². The number of nitrogens with zero attached hydrogens (tertiary/aromatic N) is 1. The first kappa shape index (κ1) is 17.6. The van der Waals surface area contributed by atoms with Crippen LogP contribution in [0.1, 0.15) is 18.9 Å². The molecule has 4 N–H and O–H groups in total. The van der Waals surface area contributed by atoms with E-state index in [2.05, 4.69) is 10.6 Å². The van der Waals surface area contributed by atoms with E-state index in [-0.39, 0.29) is 19.1 Å². The molecule has 2 atom stereocenters. The molecule has 2 aliphatic heterocycles. The quantitative estimate of drug-likeness (QED) is 0.577. The number of carbonyl (C=O) groups excluding carboxylic acids is 2. The molecule has 1 aromatic rings. The van der Waals surface area contributed by atoms with Gasteiger partial charge in [0.15, 0.2) is 5.60 Å². The van der Waals surface area contributed by atoms with Gasteiger partial charge in [-0.05, 0) is 24.6 Å². The predicted molar refractivity (Wildman–Crippen MR) is 94.2 cm³/mol.